The van der Waals surface area contributed by atoms with Gasteiger partial charge in [-0.15, -0.1) is 0 Å². The summed E-state index contributed by atoms with van der Waals surface area (Å²) < 4.78 is 0.877. The Kier molecular flexibility index (Phi) is 2.46. The van der Waals surface area contributed by atoms with E-state index in [-0.39, 0.29) is 5.82 Å². The number of carboxylic acid groups (broad SMARTS) is 1. The maximum absolute atomic E-state index is 11.7. The third-order valence-corrected chi connectivity index (χ3v) is 3.24. The van der Waals surface area contributed by atoms with E-state index >= 15 is 0 Å². The molecule has 1 aliphatic heterocycles. The number of rotatable bonds is 1. The Morgan fingerprint density at radius 3 is 2.67 bits per heavy atom. The molecule has 0 bridgehead atoms. The topological polar surface area (TPSA) is 127 Å². The molecule has 8 nitrogen and oxygen atoms in total. The summed E-state index contributed by atoms with van der Waals surface area (Å²) in [4.78, 5) is 25.2. The van der Waals surface area contributed by atoms with Gasteiger partial charge in [-0.2, -0.15) is 4.57 Å². The van der Waals surface area contributed by atoms with Crippen LogP contribution in [0, 0.1) is 0 Å². The summed E-state index contributed by atoms with van der Waals surface area (Å²) in [6, 6.07) is 1.41. The highest BCUT2D eigenvalue weighted by molar-refractivity contribution is 5.83. The van der Waals surface area contributed by atoms with Crippen molar-refractivity contribution in [2.24, 2.45) is 0 Å². The van der Waals surface area contributed by atoms with Gasteiger partial charge in [-0.25, -0.2) is 14.6 Å². The summed E-state index contributed by atoms with van der Waals surface area (Å²) >= 11 is 0. The van der Waals surface area contributed by atoms with Crippen LogP contribution in [0.1, 0.15) is 13.8 Å². The standard InChI is InChI=1S/C10H13N3O5/c1-9(7(15)16)6(14)10(2,18)13-5(12-9)3-4-11-8(13)17/h3-4,6,14,18H,1-2H3,(H2,11,12,15,16,17)/p+1. The number of nitrogens with one attached hydrogen (secondary N) is 2. The summed E-state index contributed by atoms with van der Waals surface area (Å²) in [6.45, 7) is 2.41. The number of aliphatic hydroxyl groups excluding tert-OH is 1. The van der Waals surface area contributed by atoms with Gasteiger partial charge in [0, 0.05) is 13.0 Å². The van der Waals surface area contributed by atoms with E-state index < -0.39 is 29.0 Å². The van der Waals surface area contributed by atoms with Crippen LogP contribution in [0.25, 0.3) is 0 Å². The van der Waals surface area contributed by atoms with Crippen molar-refractivity contribution >= 4 is 11.8 Å². The fourth-order valence-corrected chi connectivity index (χ4v) is 2.16. The normalized spacial score (nSPS) is 34.6. The van der Waals surface area contributed by atoms with Gasteiger partial charge < -0.3 is 15.3 Å². The van der Waals surface area contributed by atoms with Gasteiger partial charge in [0.05, 0.1) is 6.20 Å². The molecule has 2 heterocycles. The van der Waals surface area contributed by atoms with E-state index in [0.717, 1.165) is 4.57 Å². The largest absolute Gasteiger partial charge is 0.478 e. The van der Waals surface area contributed by atoms with Gasteiger partial charge in [0.15, 0.2) is 6.10 Å². The van der Waals surface area contributed by atoms with Gasteiger partial charge in [0.25, 0.3) is 0 Å². The zero-order valence-corrected chi connectivity index (χ0v) is 9.84. The highest BCUT2D eigenvalue weighted by Gasteiger charge is 2.59. The molecule has 3 unspecified atom stereocenters. The van der Waals surface area contributed by atoms with Gasteiger partial charge in [0.1, 0.15) is 0 Å². The third-order valence-electron chi connectivity index (χ3n) is 3.24. The number of nitrogens with zero attached hydrogens (tertiary/aromatic N) is 1. The molecule has 18 heavy (non-hydrogen) atoms. The quantitative estimate of drug-likeness (QED) is 0.368. The monoisotopic (exact) mass is 256 g/mol. The SMILES string of the molecule is CC1(C(=O)O)Nc2cc[nH]c(=O)[n+]2C(C)(O)C1O. The van der Waals surface area contributed by atoms with Crippen molar-refractivity contribution in [1.29, 1.82) is 0 Å². The lowest BCUT2D eigenvalue weighted by Crippen LogP contribution is -2.80. The molecule has 0 saturated carbocycles. The lowest BCUT2D eigenvalue weighted by Gasteiger charge is -2.41. The summed E-state index contributed by atoms with van der Waals surface area (Å²) in [5.74, 6) is -1.22. The van der Waals surface area contributed by atoms with Crippen molar-refractivity contribution in [3.63, 3.8) is 0 Å². The zero-order valence-electron chi connectivity index (χ0n) is 9.84. The van der Waals surface area contributed by atoms with Crippen molar-refractivity contribution < 1.29 is 24.7 Å². The summed E-state index contributed by atoms with van der Waals surface area (Å²) in [7, 11) is 0. The molecule has 1 aliphatic rings. The Morgan fingerprint density at radius 1 is 1.50 bits per heavy atom. The molecule has 0 aliphatic carbocycles. The summed E-state index contributed by atoms with van der Waals surface area (Å²) in [5.41, 5.74) is -4.49. The number of aromatic nitrogens is 2. The molecular formula is C10H14N3O5+. The van der Waals surface area contributed by atoms with E-state index in [9.17, 15) is 19.8 Å². The molecule has 2 rings (SSSR count). The number of fused-ring (bicyclic) bond motifs is 1. The number of hydrogen-bond donors (Lipinski definition) is 5. The molecule has 1 aromatic heterocycles. The molecule has 0 amide bonds. The van der Waals surface area contributed by atoms with Crippen LogP contribution in [0.4, 0.5) is 5.82 Å². The van der Waals surface area contributed by atoms with E-state index in [4.69, 9.17) is 5.11 Å². The molecule has 0 radical (unpaired) electrons. The van der Waals surface area contributed by atoms with Crippen molar-refractivity contribution in [2.75, 3.05) is 5.32 Å². The first-order valence-corrected chi connectivity index (χ1v) is 5.27. The molecule has 3 atom stereocenters. The number of H-pyrrole nitrogens is 1. The Bertz CT molecular complexity index is 567. The Labute approximate surface area is 102 Å². The van der Waals surface area contributed by atoms with Gasteiger partial charge in [-0.1, -0.05) is 0 Å². The first-order chi connectivity index (χ1) is 8.21. The molecule has 98 valence electrons. The minimum atomic E-state index is -2.04. The van der Waals surface area contributed by atoms with Gasteiger partial charge >= 0.3 is 11.7 Å². The van der Waals surface area contributed by atoms with Crippen LogP contribution in [-0.2, 0) is 10.5 Å². The maximum Gasteiger partial charge on any atom is 0.443 e. The molecule has 0 saturated heterocycles. The molecule has 0 fully saturated rings. The van der Waals surface area contributed by atoms with Crippen molar-refractivity contribution in [1.82, 2.24) is 4.98 Å². The van der Waals surface area contributed by atoms with Crippen molar-refractivity contribution in [3.05, 3.63) is 22.7 Å². The number of carboxylic acids is 1. The predicted octanol–water partition coefficient (Wildman–Crippen LogP) is -2.04. The summed E-state index contributed by atoms with van der Waals surface area (Å²) in [6.07, 6.45) is -0.388. The number of aromatic amines is 1. The predicted molar refractivity (Wildman–Crippen MR) is 58.8 cm³/mol. The third kappa shape index (κ3) is 1.42. The fraction of sp³-hybridized carbons (Fsp3) is 0.500. The lowest BCUT2D eigenvalue weighted by molar-refractivity contribution is -0.819. The van der Waals surface area contributed by atoms with Crippen LogP contribution < -0.4 is 15.6 Å². The van der Waals surface area contributed by atoms with Crippen LogP contribution in [0.15, 0.2) is 17.1 Å². The molecular weight excluding hydrogens is 242 g/mol. The minimum absolute atomic E-state index is 0.110. The Balaban J connectivity index is 2.72. The molecule has 1 aromatic rings. The molecule has 0 aromatic carbocycles. The van der Waals surface area contributed by atoms with Gasteiger partial charge in [-0.3, -0.25) is 5.32 Å². The van der Waals surface area contributed by atoms with Gasteiger partial charge in [0.2, 0.25) is 17.1 Å². The zero-order chi connectivity index (χ0) is 13.7. The van der Waals surface area contributed by atoms with Crippen LogP contribution >= 0.6 is 0 Å². The molecule has 5 N–H and O–H groups in total. The number of aliphatic hydroxyl groups is 2. The molecule has 0 spiro atoms. The second-order valence-electron chi connectivity index (χ2n) is 4.63. The average molecular weight is 256 g/mol. The second-order valence-corrected chi connectivity index (χ2v) is 4.63. The maximum atomic E-state index is 11.7. The average Bonchev–Trinajstić information content (AvgIpc) is 2.25. The van der Waals surface area contributed by atoms with E-state index in [2.05, 4.69) is 10.3 Å². The minimum Gasteiger partial charge on any atom is -0.478 e. The summed E-state index contributed by atoms with van der Waals surface area (Å²) in [5, 5.41) is 32.0. The van der Waals surface area contributed by atoms with E-state index in [1.54, 1.807) is 0 Å². The highest BCUT2D eigenvalue weighted by atomic mass is 16.4. The van der Waals surface area contributed by atoms with Crippen LogP contribution in [-0.4, -0.2) is 37.9 Å². The number of aliphatic carboxylic acids is 1. The number of carbonyl (C=O) groups is 1. The second kappa shape index (κ2) is 3.53. The van der Waals surface area contributed by atoms with Crippen LogP contribution in [0.2, 0.25) is 0 Å². The Hall–Kier alpha value is -1.93. The lowest BCUT2D eigenvalue weighted by atomic mass is 9.85. The Morgan fingerprint density at radius 2 is 2.11 bits per heavy atom. The van der Waals surface area contributed by atoms with Crippen LogP contribution in [0.5, 0.6) is 0 Å². The highest BCUT2D eigenvalue weighted by Crippen LogP contribution is 2.29. The van der Waals surface area contributed by atoms with Crippen LogP contribution in [0.3, 0.4) is 0 Å². The van der Waals surface area contributed by atoms with Crippen molar-refractivity contribution in [2.45, 2.75) is 31.2 Å². The fourth-order valence-electron chi connectivity index (χ4n) is 2.16. The number of hydrogen-bond acceptors (Lipinski definition) is 5. The van der Waals surface area contributed by atoms with E-state index in [0.29, 0.717) is 0 Å². The number of anilines is 1. The first kappa shape index (κ1) is 12.5. The van der Waals surface area contributed by atoms with Crippen molar-refractivity contribution in [3.8, 4) is 0 Å². The van der Waals surface area contributed by atoms with E-state index in [1.807, 2.05) is 0 Å². The molecule has 8 heteroatoms. The smallest absolute Gasteiger partial charge is 0.443 e. The first-order valence-electron chi connectivity index (χ1n) is 5.27. The van der Waals surface area contributed by atoms with Gasteiger partial charge in [-0.05, 0) is 6.92 Å². The van der Waals surface area contributed by atoms with E-state index in [1.165, 1.54) is 26.1 Å².